The van der Waals surface area contributed by atoms with Gasteiger partial charge in [0.05, 0.1) is 0 Å². The number of carbonyl (C=O) groups is 1. The molecule has 0 saturated carbocycles. The second-order valence-corrected chi connectivity index (χ2v) is 7.88. The Morgan fingerprint density at radius 2 is 1.70 bits per heavy atom. The van der Waals surface area contributed by atoms with Crippen molar-refractivity contribution in [2.24, 2.45) is 5.92 Å². The van der Waals surface area contributed by atoms with Crippen molar-refractivity contribution in [3.05, 3.63) is 59.8 Å². The summed E-state index contributed by atoms with van der Waals surface area (Å²) < 4.78 is 0. The van der Waals surface area contributed by atoms with Gasteiger partial charge in [0.25, 0.3) is 5.91 Å². The van der Waals surface area contributed by atoms with E-state index in [1.54, 1.807) is 6.20 Å². The Labute approximate surface area is 162 Å². The molecule has 0 atom stereocenters. The second kappa shape index (κ2) is 8.55. The molecule has 27 heavy (non-hydrogen) atoms. The summed E-state index contributed by atoms with van der Waals surface area (Å²) in [5.74, 6) is 1.80. The second-order valence-electron chi connectivity index (χ2n) is 7.88. The van der Waals surface area contributed by atoms with Crippen LogP contribution in [-0.4, -0.2) is 42.0 Å². The highest BCUT2D eigenvalue weighted by Gasteiger charge is 2.24. The first-order valence-electron chi connectivity index (χ1n) is 10.3. The van der Waals surface area contributed by atoms with Crippen LogP contribution in [0.4, 0.5) is 5.82 Å². The minimum Gasteiger partial charge on any atom is -0.357 e. The van der Waals surface area contributed by atoms with Crippen molar-refractivity contribution in [2.45, 2.75) is 38.5 Å². The lowest BCUT2D eigenvalue weighted by Crippen LogP contribution is -2.39. The Morgan fingerprint density at radius 1 is 0.963 bits per heavy atom. The van der Waals surface area contributed by atoms with Crippen LogP contribution in [0.5, 0.6) is 0 Å². The van der Waals surface area contributed by atoms with Gasteiger partial charge >= 0.3 is 0 Å². The number of nitrogens with zero attached hydrogens (tertiary/aromatic N) is 3. The molecule has 2 aliphatic heterocycles. The number of hydrogen-bond donors (Lipinski definition) is 0. The molecule has 1 aromatic carbocycles. The van der Waals surface area contributed by atoms with Gasteiger partial charge in [0, 0.05) is 37.9 Å². The van der Waals surface area contributed by atoms with Crippen molar-refractivity contribution in [3.63, 3.8) is 0 Å². The minimum atomic E-state index is 0.161. The number of anilines is 1. The van der Waals surface area contributed by atoms with Gasteiger partial charge in [-0.2, -0.15) is 0 Å². The Kier molecular flexibility index (Phi) is 5.71. The van der Waals surface area contributed by atoms with Gasteiger partial charge in [0.15, 0.2) is 0 Å². The summed E-state index contributed by atoms with van der Waals surface area (Å²) in [7, 11) is 0. The number of likely N-dealkylation sites (tertiary alicyclic amines) is 1. The Hall–Kier alpha value is -2.36. The van der Waals surface area contributed by atoms with Crippen molar-refractivity contribution < 1.29 is 4.79 Å². The molecule has 0 bridgehead atoms. The molecule has 2 saturated heterocycles. The summed E-state index contributed by atoms with van der Waals surface area (Å²) in [5, 5.41) is 0. The van der Waals surface area contributed by atoms with Crippen molar-refractivity contribution in [2.75, 3.05) is 31.1 Å². The largest absolute Gasteiger partial charge is 0.357 e. The van der Waals surface area contributed by atoms with Gasteiger partial charge in [0.2, 0.25) is 0 Å². The molecular formula is C23H29N3O. The van der Waals surface area contributed by atoms with Crippen LogP contribution in [-0.2, 0) is 6.42 Å². The van der Waals surface area contributed by atoms with Gasteiger partial charge in [0.1, 0.15) is 5.82 Å². The number of benzene rings is 1. The zero-order chi connectivity index (χ0) is 18.5. The average Bonchev–Trinajstić information content (AvgIpc) is 2.75. The molecule has 0 radical (unpaired) electrons. The summed E-state index contributed by atoms with van der Waals surface area (Å²) in [6.45, 7) is 3.82. The Bertz CT molecular complexity index is 747. The summed E-state index contributed by atoms with van der Waals surface area (Å²) in [4.78, 5) is 21.8. The van der Waals surface area contributed by atoms with E-state index in [0.717, 1.165) is 56.8 Å². The van der Waals surface area contributed by atoms with Gasteiger partial charge < -0.3 is 9.80 Å². The fraction of sp³-hybridized carbons (Fsp3) is 0.478. The van der Waals surface area contributed by atoms with Crippen LogP contribution < -0.4 is 4.90 Å². The molecule has 3 heterocycles. The maximum atomic E-state index is 13.0. The lowest BCUT2D eigenvalue weighted by Gasteiger charge is -2.32. The highest BCUT2D eigenvalue weighted by Crippen LogP contribution is 2.24. The first-order chi connectivity index (χ1) is 13.3. The fourth-order valence-electron chi connectivity index (χ4n) is 4.32. The lowest BCUT2D eigenvalue weighted by molar-refractivity contribution is 0.0690. The maximum Gasteiger partial charge on any atom is 0.254 e. The topological polar surface area (TPSA) is 36.4 Å². The first-order valence-corrected chi connectivity index (χ1v) is 10.3. The normalized spacial score (nSPS) is 18.5. The molecule has 0 aliphatic carbocycles. The van der Waals surface area contributed by atoms with E-state index in [-0.39, 0.29) is 5.91 Å². The van der Waals surface area contributed by atoms with Gasteiger partial charge in [-0.25, -0.2) is 4.98 Å². The SMILES string of the molecule is O=C(c1ccnc(N2CCCCC2)c1)N1CCC(Cc2ccccc2)CC1. The molecule has 0 spiro atoms. The Morgan fingerprint density at radius 3 is 2.44 bits per heavy atom. The van der Waals surface area contributed by atoms with E-state index >= 15 is 0 Å². The summed E-state index contributed by atoms with van der Waals surface area (Å²) in [5.41, 5.74) is 2.19. The van der Waals surface area contributed by atoms with E-state index in [4.69, 9.17) is 0 Å². The van der Waals surface area contributed by atoms with Crippen LogP contribution in [0.3, 0.4) is 0 Å². The summed E-state index contributed by atoms with van der Waals surface area (Å²) in [6, 6.07) is 14.6. The molecule has 0 N–H and O–H groups in total. The quantitative estimate of drug-likeness (QED) is 0.818. The van der Waals surface area contributed by atoms with Crippen LogP contribution in [0.2, 0.25) is 0 Å². The molecule has 142 valence electrons. The van der Waals surface area contributed by atoms with E-state index in [1.165, 1.54) is 24.8 Å². The number of aromatic nitrogens is 1. The number of amides is 1. The predicted octanol–water partition coefficient (Wildman–Crippen LogP) is 4.17. The first kappa shape index (κ1) is 18.0. The van der Waals surface area contributed by atoms with Crippen molar-refractivity contribution in [1.29, 1.82) is 0 Å². The molecular weight excluding hydrogens is 334 g/mol. The minimum absolute atomic E-state index is 0.161. The number of carbonyl (C=O) groups excluding carboxylic acids is 1. The van der Waals surface area contributed by atoms with Gasteiger partial charge in [-0.3, -0.25) is 4.79 Å². The van der Waals surface area contributed by atoms with Crippen LogP contribution in [0.25, 0.3) is 0 Å². The van der Waals surface area contributed by atoms with Crippen LogP contribution in [0.15, 0.2) is 48.7 Å². The number of hydrogen-bond acceptors (Lipinski definition) is 3. The molecule has 4 rings (SSSR count). The highest BCUT2D eigenvalue weighted by atomic mass is 16.2. The third-order valence-corrected chi connectivity index (χ3v) is 5.94. The van der Waals surface area contributed by atoms with Crippen molar-refractivity contribution >= 4 is 11.7 Å². The van der Waals surface area contributed by atoms with E-state index in [0.29, 0.717) is 5.92 Å². The molecule has 1 aromatic heterocycles. The van der Waals surface area contributed by atoms with Gasteiger partial charge in [-0.15, -0.1) is 0 Å². The summed E-state index contributed by atoms with van der Waals surface area (Å²) >= 11 is 0. The van der Waals surface area contributed by atoms with Crippen LogP contribution >= 0.6 is 0 Å². The van der Waals surface area contributed by atoms with E-state index in [9.17, 15) is 4.79 Å². The van der Waals surface area contributed by atoms with E-state index in [2.05, 4.69) is 40.2 Å². The smallest absolute Gasteiger partial charge is 0.254 e. The maximum absolute atomic E-state index is 13.0. The Balaban J connectivity index is 1.35. The molecule has 2 aliphatic rings. The van der Waals surface area contributed by atoms with Gasteiger partial charge in [-0.1, -0.05) is 30.3 Å². The fourth-order valence-corrected chi connectivity index (χ4v) is 4.32. The molecule has 4 heteroatoms. The average molecular weight is 364 g/mol. The molecule has 0 unspecified atom stereocenters. The highest BCUT2D eigenvalue weighted by molar-refractivity contribution is 5.94. The third-order valence-electron chi connectivity index (χ3n) is 5.94. The predicted molar refractivity (Wildman–Crippen MR) is 109 cm³/mol. The third kappa shape index (κ3) is 4.49. The lowest BCUT2D eigenvalue weighted by atomic mass is 9.90. The standard InChI is InChI=1S/C23H29N3O/c27-23(21-9-12-24-22(18-21)25-13-5-2-6-14-25)26-15-10-20(11-16-26)17-19-7-3-1-4-8-19/h1,3-4,7-9,12,18,20H,2,5-6,10-11,13-17H2. The molecule has 4 nitrogen and oxygen atoms in total. The molecule has 2 fully saturated rings. The van der Waals surface area contributed by atoms with E-state index < -0.39 is 0 Å². The van der Waals surface area contributed by atoms with Crippen molar-refractivity contribution in [3.8, 4) is 0 Å². The molecule has 1 amide bonds. The van der Waals surface area contributed by atoms with Gasteiger partial charge in [-0.05, 0) is 62.1 Å². The molecule has 2 aromatic rings. The summed E-state index contributed by atoms with van der Waals surface area (Å²) in [6.07, 6.45) is 8.82. The van der Waals surface area contributed by atoms with Crippen LogP contribution in [0.1, 0.15) is 48.0 Å². The number of pyridine rings is 1. The monoisotopic (exact) mass is 363 g/mol. The van der Waals surface area contributed by atoms with E-state index in [1.807, 2.05) is 17.0 Å². The zero-order valence-electron chi connectivity index (χ0n) is 16.0. The zero-order valence-corrected chi connectivity index (χ0v) is 16.0. The number of piperidine rings is 2. The van der Waals surface area contributed by atoms with Crippen LogP contribution in [0, 0.1) is 5.92 Å². The van der Waals surface area contributed by atoms with Crippen molar-refractivity contribution in [1.82, 2.24) is 9.88 Å². The number of rotatable bonds is 4.